The maximum absolute atomic E-state index is 12.5. The van der Waals surface area contributed by atoms with Crippen LogP contribution in [0.2, 0.25) is 0 Å². The predicted molar refractivity (Wildman–Crippen MR) is 104 cm³/mol. The van der Waals surface area contributed by atoms with Gasteiger partial charge in [-0.05, 0) is 58.0 Å². The summed E-state index contributed by atoms with van der Waals surface area (Å²) in [6.45, 7) is 0.391. The summed E-state index contributed by atoms with van der Waals surface area (Å²) in [5.41, 5.74) is -2.90. The molecule has 1 aliphatic rings. The third-order valence-electron chi connectivity index (χ3n) is 4.13. The lowest BCUT2D eigenvalue weighted by atomic mass is 9.94. The van der Waals surface area contributed by atoms with Crippen LogP contribution < -0.4 is 5.32 Å². The first-order valence-corrected chi connectivity index (χ1v) is 8.65. The highest BCUT2D eigenvalue weighted by Crippen LogP contribution is 2.25. The summed E-state index contributed by atoms with van der Waals surface area (Å²) in [4.78, 5) is 12.5. The molecule has 3 N–H and O–H groups in total. The molecular weight excluding hydrogens is 328 g/mol. The Balaban J connectivity index is 2.90. The van der Waals surface area contributed by atoms with E-state index in [1.165, 1.54) is 20.8 Å². The van der Waals surface area contributed by atoms with E-state index in [-0.39, 0.29) is 17.4 Å². The quantitative estimate of drug-likeness (QED) is 0.652. The maximum atomic E-state index is 12.5. The average Bonchev–Trinajstić information content (AvgIpc) is 3.27. The lowest BCUT2D eigenvalue weighted by Gasteiger charge is -2.42. The SMILES string of the molecule is [2H]c1c([2H])c([2H])c(C([2H])([2H])[C@]([2H])(N(C(=O)O)C(C)(C)C)[C@]([2H])(O)C([2H])([2H])NCC2CCCC2)c([2H])c1[2H]. The van der Waals surface area contributed by atoms with E-state index in [1.807, 2.05) is 0 Å². The Hall–Kier alpha value is -1.59. The molecule has 0 radical (unpaired) electrons. The van der Waals surface area contributed by atoms with Gasteiger partial charge in [-0.2, -0.15) is 0 Å². The second kappa shape index (κ2) is 9.38. The van der Waals surface area contributed by atoms with E-state index in [4.69, 9.17) is 15.1 Å². The normalized spacial score (nSPS) is 27.5. The van der Waals surface area contributed by atoms with Gasteiger partial charge in [-0.1, -0.05) is 43.1 Å². The Kier molecular flexibility index (Phi) is 3.64. The van der Waals surface area contributed by atoms with Crippen molar-refractivity contribution in [3.8, 4) is 0 Å². The van der Waals surface area contributed by atoms with Crippen LogP contribution in [-0.2, 0) is 6.37 Å². The van der Waals surface area contributed by atoms with Gasteiger partial charge >= 0.3 is 6.09 Å². The van der Waals surface area contributed by atoms with E-state index >= 15 is 0 Å². The molecule has 0 unspecified atom stereocenters. The smallest absolute Gasteiger partial charge is 0.408 e. The zero-order valence-electron chi connectivity index (χ0n) is 26.4. The largest absolute Gasteiger partial charge is 0.465 e. The van der Waals surface area contributed by atoms with E-state index in [2.05, 4.69) is 5.32 Å². The molecule has 0 aromatic heterocycles. The zero-order chi connectivity index (χ0) is 28.9. The number of aliphatic hydroxyl groups is 1. The number of carbonyl (C=O) groups is 1. The topological polar surface area (TPSA) is 72.8 Å². The summed E-state index contributed by atoms with van der Waals surface area (Å²) in [5, 5.41) is 23.9. The van der Waals surface area contributed by atoms with Crippen LogP contribution >= 0.6 is 0 Å². The molecule has 5 heteroatoms. The summed E-state index contributed by atoms with van der Waals surface area (Å²) in [6, 6.07) is -8.84. The standard InChI is InChI=1S/C21H34N2O3/c1-21(2,3)23(20(25)26)18(13-16-9-5-4-6-10-16)19(24)15-22-14-17-11-7-8-12-17/h4-6,9-10,17-19,22,24H,7-8,11-15H2,1-3H3,(H,25,26)/t18-,19+/m0/s1/i4D,5D,6D,9D,10D,13D2,15D2,18D,19D. The highest BCUT2D eigenvalue weighted by Gasteiger charge is 2.37. The van der Waals surface area contributed by atoms with Gasteiger partial charge < -0.3 is 15.5 Å². The van der Waals surface area contributed by atoms with Gasteiger partial charge in [-0.25, -0.2) is 4.79 Å². The van der Waals surface area contributed by atoms with Crippen molar-refractivity contribution in [2.75, 3.05) is 13.0 Å². The first kappa shape index (κ1) is 10.1. The molecule has 1 amide bonds. The van der Waals surface area contributed by atoms with Crippen LogP contribution in [0.15, 0.2) is 30.2 Å². The maximum Gasteiger partial charge on any atom is 0.408 e. The zero-order valence-corrected chi connectivity index (χ0v) is 15.4. The minimum atomic E-state index is -3.91. The van der Waals surface area contributed by atoms with Crippen molar-refractivity contribution in [2.24, 2.45) is 5.92 Å². The van der Waals surface area contributed by atoms with Gasteiger partial charge in [0.2, 0.25) is 0 Å². The molecule has 0 saturated heterocycles. The van der Waals surface area contributed by atoms with Crippen molar-refractivity contribution in [1.29, 1.82) is 0 Å². The van der Waals surface area contributed by atoms with Crippen molar-refractivity contribution >= 4 is 6.09 Å². The van der Waals surface area contributed by atoms with E-state index in [0.29, 0.717) is 0 Å². The molecule has 1 aliphatic carbocycles. The third-order valence-corrected chi connectivity index (χ3v) is 4.13. The minimum absolute atomic E-state index is 0.0120. The van der Waals surface area contributed by atoms with Gasteiger partial charge in [-0.15, -0.1) is 0 Å². The van der Waals surface area contributed by atoms with Crippen LogP contribution in [0, 0.1) is 5.92 Å². The monoisotopic (exact) mass is 373 g/mol. The van der Waals surface area contributed by atoms with Gasteiger partial charge in [0.25, 0.3) is 0 Å². The molecule has 1 aromatic carbocycles. The minimum Gasteiger partial charge on any atom is -0.465 e. The van der Waals surface area contributed by atoms with Gasteiger partial charge in [0.05, 0.1) is 21.7 Å². The molecule has 5 nitrogen and oxygen atoms in total. The Morgan fingerprint density at radius 1 is 1.38 bits per heavy atom. The van der Waals surface area contributed by atoms with Crippen molar-refractivity contribution < 1.29 is 30.1 Å². The van der Waals surface area contributed by atoms with E-state index < -0.39 is 72.4 Å². The van der Waals surface area contributed by atoms with Crippen molar-refractivity contribution in [3.63, 3.8) is 0 Å². The second-order valence-corrected chi connectivity index (χ2v) is 7.27. The second-order valence-electron chi connectivity index (χ2n) is 7.27. The van der Waals surface area contributed by atoms with Crippen LogP contribution in [-0.4, -0.2) is 51.9 Å². The fourth-order valence-electron chi connectivity index (χ4n) is 2.92. The molecule has 1 aromatic rings. The number of nitrogens with one attached hydrogen (secondary N) is 1. The van der Waals surface area contributed by atoms with Crippen molar-refractivity contribution in [2.45, 2.75) is 70.5 Å². The summed E-state index contributed by atoms with van der Waals surface area (Å²) < 4.78 is 92.5. The summed E-state index contributed by atoms with van der Waals surface area (Å²) in [5.74, 6) is -0.0120. The van der Waals surface area contributed by atoms with E-state index in [9.17, 15) is 15.0 Å². The molecule has 2 atom stereocenters. The van der Waals surface area contributed by atoms with Crippen LogP contribution in [0.25, 0.3) is 0 Å². The summed E-state index contributed by atoms with van der Waals surface area (Å²) >= 11 is 0. The van der Waals surface area contributed by atoms with Crippen molar-refractivity contribution in [1.82, 2.24) is 10.2 Å². The molecule has 0 spiro atoms. The van der Waals surface area contributed by atoms with Crippen molar-refractivity contribution in [3.05, 3.63) is 35.8 Å². The molecule has 0 aliphatic heterocycles. The highest BCUT2D eigenvalue weighted by molar-refractivity contribution is 5.66. The van der Waals surface area contributed by atoms with Gasteiger partial charge in [0.1, 0.15) is 0 Å². The number of benzene rings is 1. The number of hydrogen-bond donors (Lipinski definition) is 3. The number of hydrogen-bond acceptors (Lipinski definition) is 3. The number of rotatable bonds is 8. The average molecular weight is 374 g/mol. The lowest BCUT2D eigenvalue weighted by molar-refractivity contribution is 0.00758. The van der Waals surface area contributed by atoms with Crippen LogP contribution in [0.4, 0.5) is 4.79 Å². The lowest BCUT2D eigenvalue weighted by Crippen LogP contribution is -2.58. The number of amides is 1. The van der Waals surface area contributed by atoms with Crippen LogP contribution in [0.1, 0.15) is 67.1 Å². The predicted octanol–water partition coefficient (Wildman–Crippen LogP) is 3.52. The molecule has 26 heavy (non-hydrogen) atoms. The van der Waals surface area contributed by atoms with E-state index in [1.54, 1.807) is 0 Å². The van der Waals surface area contributed by atoms with E-state index in [0.717, 1.165) is 25.7 Å². The fourth-order valence-corrected chi connectivity index (χ4v) is 2.92. The molecule has 146 valence electrons. The molecule has 0 bridgehead atoms. The Morgan fingerprint density at radius 2 is 2.00 bits per heavy atom. The Bertz CT molecular complexity index is 1010. The molecule has 1 fully saturated rings. The molecule has 1 saturated carbocycles. The third kappa shape index (κ3) is 5.99. The van der Waals surface area contributed by atoms with Gasteiger partial charge in [0, 0.05) is 17.5 Å². The van der Waals surface area contributed by atoms with Gasteiger partial charge in [-0.3, -0.25) is 4.90 Å². The number of nitrogens with zero attached hydrogens (tertiary/aromatic N) is 1. The fraction of sp³-hybridized carbons (Fsp3) is 0.667. The Morgan fingerprint density at radius 3 is 2.54 bits per heavy atom. The van der Waals surface area contributed by atoms with Gasteiger partial charge in [0.15, 0.2) is 0 Å². The first-order valence-electron chi connectivity index (χ1n) is 14.2. The summed E-state index contributed by atoms with van der Waals surface area (Å²) in [7, 11) is 0. The summed E-state index contributed by atoms with van der Waals surface area (Å²) in [6.07, 6.45) is -6.30. The highest BCUT2D eigenvalue weighted by atomic mass is 16.4. The Labute approximate surface area is 172 Å². The number of carboxylic acid groups (broad SMARTS) is 1. The molecule has 0 heterocycles. The van der Waals surface area contributed by atoms with Crippen LogP contribution in [0.3, 0.4) is 0 Å². The van der Waals surface area contributed by atoms with Crippen LogP contribution in [0.5, 0.6) is 0 Å². The molecule has 2 rings (SSSR count). The molecular formula is C21H34N2O3. The first-order chi connectivity index (χ1) is 16.6.